The molecular weight excluding hydrogens is 542 g/mol. The zero-order chi connectivity index (χ0) is 30.8. The molecule has 2 unspecified atom stereocenters. The van der Waals surface area contributed by atoms with Crippen LogP contribution in [0.3, 0.4) is 0 Å². The summed E-state index contributed by atoms with van der Waals surface area (Å²) in [5, 5.41) is 18.7. The molecule has 43 heavy (non-hydrogen) atoms. The van der Waals surface area contributed by atoms with Gasteiger partial charge in [-0.2, -0.15) is 0 Å². The van der Waals surface area contributed by atoms with E-state index in [0.717, 1.165) is 21.9 Å². The third-order valence-electron chi connectivity index (χ3n) is 7.56. The number of nitrogens with zero attached hydrogens (tertiary/aromatic N) is 1. The first-order valence-electron chi connectivity index (χ1n) is 14.7. The Bertz CT molecular complexity index is 1480. The quantitative estimate of drug-likeness (QED) is 0.145. The molecule has 6 N–H and O–H groups in total. The number of imidazole rings is 1. The van der Waals surface area contributed by atoms with Crippen molar-refractivity contribution in [1.29, 1.82) is 0 Å². The van der Waals surface area contributed by atoms with Crippen molar-refractivity contribution in [3.63, 3.8) is 0 Å². The molecule has 4 aromatic rings. The lowest BCUT2D eigenvalue weighted by Gasteiger charge is -2.27. The standard InChI is InChI=1S/C34H41N5O4/c1-22(2)15-30(33(42)32(41)29(35)18-27-20-36-21-38-27)39-34(43)26(17-31(40)37-19-23-9-4-3-5-10-23)16-25-13-8-12-24-11-6-7-14-28(24)25/h3-14,20-22,26,29-30,32,41H,15-19,35H2,1-2H3,(H,36,38)(H,37,40)(H,39,43)/t26?,29-,30-,32?/m0/s1. The van der Waals surface area contributed by atoms with Gasteiger partial charge in [-0.15, -0.1) is 0 Å². The zero-order valence-electron chi connectivity index (χ0n) is 24.7. The van der Waals surface area contributed by atoms with Crippen molar-refractivity contribution >= 4 is 28.4 Å². The smallest absolute Gasteiger partial charge is 0.224 e. The lowest BCUT2D eigenvalue weighted by Crippen LogP contribution is -2.53. The van der Waals surface area contributed by atoms with Crippen molar-refractivity contribution in [2.45, 2.75) is 64.3 Å². The van der Waals surface area contributed by atoms with Crippen molar-refractivity contribution < 1.29 is 19.5 Å². The minimum atomic E-state index is -1.49. The van der Waals surface area contributed by atoms with Crippen molar-refractivity contribution in [3.8, 4) is 0 Å². The number of carbonyl (C=O) groups is 3. The van der Waals surface area contributed by atoms with E-state index < -0.39 is 35.8 Å². The molecule has 0 fully saturated rings. The molecule has 0 bridgehead atoms. The van der Waals surface area contributed by atoms with Crippen LogP contribution in [0, 0.1) is 11.8 Å². The number of H-pyrrole nitrogens is 1. The molecule has 1 heterocycles. The van der Waals surface area contributed by atoms with Gasteiger partial charge in [0.1, 0.15) is 6.10 Å². The van der Waals surface area contributed by atoms with Gasteiger partial charge in [0, 0.05) is 37.3 Å². The van der Waals surface area contributed by atoms with Crippen LogP contribution in [-0.4, -0.2) is 50.9 Å². The lowest BCUT2D eigenvalue weighted by atomic mass is 9.89. The Morgan fingerprint density at radius 1 is 0.953 bits per heavy atom. The molecule has 4 rings (SSSR count). The van der Waals surface area contributed by atoms with Gasteiger partial charge in [0.2, 0.25) is 11.8 Å². The summed E-state index contributed by atoms with van der Waals surface area (Å²) >= 11 is 0. The minimum Gasteiger partial charge on any atom is -0.384 e. The maximum absolute atomic E-state index is 13.9. The lowest BCUT2D eigenvalue weighted by molar-refractivity contribution is -0.136. The number of amides is 2. The second kappa shape index (κ2) is 15.2. The molecule has 9 nitrogen and oxygen atoms in total. The summed E-state index contributed by atoms with van der Waals surface area (Å²) in [4.78, 5) is 47.3. The fraction of sp³-hybridized carbons (Fsp3) is 0.353. The average molecular weight is 584 g/mol. The number of rotatable bonds is 15. The zero-order valence-corrected chi connectivity index (χ0v) is 24.7. The van der Waals surface area contributed by atoms with Gasteiger partial charge in [0.05, 0.1) is 18.3 Å². The van der Waals surface area contributed by atoms with Gasteiger partial charge in [0.25, 0.3) is 0 Å². The molecule has 0 aliphatic heterocycles. The highest BCUT2D eigenvalue weighted by Gasteiger charge is 2.33. The third-order valence-corrected chi connectivity index (χ3v) is 7.56. The molecule has 4 atom stereocenters. The number of hydrogen-bond acceptors (Lipinski definition) is 6. The van der Waals surface area contributed by atoms with Crippen LogP contribution in [-0.2, 0) is 33.8 Å². The topological polar surface area (TPSA) is 150 Å². The van der Waals surface area contributed by atoms with Crippen LogP contribution >= 0.6 is 0 Å². The van der Waals surface area contributed by atoms with E-state index in [1.165, 1.54) is 6.33 Å². The Morgan fingerprint density at radius 3 is 2.40 bits per heavy atom. The van der Waals surface area contributed by atoms with Gasteiger partial charge in [-0.1, -0.05) is 86.6 Å². The van der Waals surface area contributed by atoms with E-state index in [0.29, 0.717) is 25.1 Å². The molecule has 2 amide bonds. The molecule has 1 aromatic heterocycles. The number of ketones is 1. The fourth-order valence-corrected chi connectivity index (χ4v) is 5.27. The normalized spacial score (nSPS) is 14.2. The molecule has 0 aliphatic carbocycles. The number of aliphatic hydroxyl groups is 1. The van der Waals surface area contributed by atoms with Gasteiger partial charge >= 0.3 is 0 Å². The summed E-state index contributed by atoms with van der Waals surface area (Å²) in [6, 6.07) is 21.5. The number of aromatic amines is 1. The molecule has 0 spiro atoms. The van der Waals surface area contributed by atoms with Crippen LogP contribution in [0.1, 0.15) is 43.5 Å². The van der Waals surface area contributed by atoms with Crippen LogP contribution < -0.4 is 16.4 Å². The Hall–Kier alpha value is -4.34. The summed E-state index contributed by atoms with van der Waals surface area (Å²) in [6.07, 6.45) is 2.39. The van der Waals surface area contributed by atoms with Crippen molar-refractivity contribution in [3.05, 3.63) is 102 Å². The number of hydrogen-bond donors (Lipinski definition) is 5. The second-order valence-corrected chi connectivity index (χ2v) is 11.5. The summed E-state index contributed by atoms with van der Waals surface area (Å²) < 4.78 is 0. The number of carbonyl (C=O) groups excluding carboxylic acids is 3. The van der Waals surface area contributed by atoms with Crippen LogP contribution in [0.5, 0.6) is 0 Å². The number of nitrogens with two attached hydrogens (primary N) is 1. The van der Waals surface area contributed by atoms with Crippen molar-refractivity contribution in [2.24, 2.45) is 17.6 Å². The first-order chi connectivity index (χ1) is 20.7. The Balaban J connectivity index is 1.53. The first kappa shape index (κ1) is 31.6. The Labute approximate surface area is 252 Å². The minimum absolute atomic E-state index is 0.0518. The van der Waals surface area contributed by atoms with E-state index in [-0.39, 0.29) is 24.7 Å². The number of nitrogens with one attached hydrogen (secondary N) is 3. The monoisotopic (exact) mass is 583 g/mol. The highest BCUT2D eigenvalue weighted by molar-refractivity contribution is 5.94. The summed E-state index contributed by atoms with van der Waals surface area (Å²) in [5.41, 5.74) is 8.77. The van der Waals surface area contributed by atoms with Gasteiger partial charge in [-0.3, -0.25) is 14.4 Å². The molecule has 3 aromatic carbocycles. The number of benzene rings is 3. The SMILES string of the molecule is CC(C)C[C@H](NC(=O)C(CC(=O)NCc1ccccc1)Cc1cccc2ccccc12)C(=O)C(O)[C@@H](N)Cc1cnc[nH]1. The first-order valence-corrected chi connectivity index (χ1v) is 14.7. The molecule has 9 heteroatoms. The highest BCUT2D eigenvalue weighted by Crippen LogP contribution is 2.23. The predicted molar refractivity (Wildman–Crippen MR) is 167 cm³/mol. The van der Waals surface area contributed by atoms with E-state index >= 15 is 0 Å². The number of fused-ring (bicyclic) bond motifs is 1. The van der Waals surface area contributed by atoms with Gasteiger partial charge in [-0.25, -0.2) is 4.98 Å². The molecule has 0 radical (unpaired) electrons. The predicted octanol–water partition coefficient (Wildman–Crippen LogP) is 3.46. The van der Waals surface area contributed by atoms with Gasteiger partial charge in [0.15, 0.2) is 5.78 Å². The molecule has 0 saturated heterocycles. The Morgan fingerprint density at radius 2 is 1.67 bits per heavy atom. The van der Waals surface area contributed by atoms with Crippen LogP contribution in [0.25, 0.3) is 10.8 Å². The Kier molecular flexibility index (Phi) is 11.2. The molecule has 0 saturated carbocycles. The number of aliphatic hydroxyl groups excluding tert-OH is 1. The highest BCUT2D eigenvalue weighted by atomic mass is 16.3. The largest absolute Gasteiger partial charge is 0.384 e. The van der Waals surface area contributed by atoms with E-state index in [2.05, 4.69) is 20.6 Å². The van der Waals surface area contributed by atoms with Crippen LogP contribution in [0.2, 0.25) is 0 Å². The molecular formula is C34H41N5O4. The summed E-state index contributed by atoms with van der Waals surface area (Å²) in [7, 11) is 0. The van der Waals surface area contributed by atoms with Crippen LogP contribution in [0.4, 0.5) is 0 Å². The van der Waals surface area contributed by atoms with E-state index in [1.807, 2.05) is 86.6 Å². The van der Waals surface area contributed by atoms with E-state index in [1.54, 1.807) is 6.20 Å². The van der Waals surface area contributed by atoms with Gasteiger partial charge in [-0.05, 0) is 40.7 Å². The third kappa shape index (κ3) is 9.07. The number of Topliss-reactive ketones (excluding diaryl/α,β-unsaturated/α-hetero) is 1. The molecule has 0 aliphatic rings. The van der Waals surface area contributed by atoms with E-state index in [4.69, 9.17) is 5.73 Å². The second-order valence-electron chi connectivity index (χ2n) is 11.5. The van der Waals surface area contributed by atoms with Crippen molar-refractivity contribution in [1.82, 2.24) is 20.6 Å². The number of aromatic nitrogens is 2. The van der Waals surface area contributed by atoms with E-state index in [9.17, 15) is 19.5 Å². The molecule has 226 valence electrons. The fourth-order valence-electron chi connectivity index (χ4n) is 5.27. The summed E-state index contributed by atoms with van der Waals surface area (Å²) in [5.74, 6) is -1.93. The maximum Gasteiger partial charge on any atom is 0.224 e. The van der Waals surface area contributed by atoms with Crippen molar-refractivity contribution in [2.75, 3.05) is 0 Å². The maximum atomic E-state index is 13.9. The van der Waals surface area contributed by atoms with Crippen LogP contribution in [0.15, 0.2) is 85.3 Å². The summed E-state index contributed by atoms with van der Waals surface area (Å²) in [6.45, 7) is 4.22. The average Bonchev–Trinajstić information content (AvgIpc) is 3.52. The van der Waals surface area contributed by atoms with Gasteiger partial charge < -0.3 is 26.5 Å².